The number of imidazole rings is 1. The monoisotopic (exact) mass is 403 g/mol. The van der Waals surface area contributed by atoms with E-state index in [0.29, 0.717) is 5.69 Å². The lowest BCUT2D eigenvalue weighted by Gasteiger charge is -2.23. The largest absolute Gasteiger partial charge is 0.481 e. The third-order valence-corrected chi connectivity index (χ3v) is 6.30. The summed E-state index contributed by atoms with van der Waals surface area (Å²) in [5.74, 6) is -4.24. The first-order valence-electron chi connectivity index (χ1n) is 8.07. The van der Waals surface area contributed by atoms with E-state index in [1.807, 2.05) is 0 Å². The molecule has 150 valence electrons. The van der Waals surface area contributed by atoms with Gasteiger partial charge < -0.3 is 20.3 Å². The van der Waals surface area contributed by atoms with Crippen molar-refractivity contribution in [3.05, 3.63) is 18.2 Å². The fourth-order valence-electron chi connectivity index (χ4n) is 2.27. The molecule has 1 unspecified atom stereocenters. The van der Waals surface area contributed by atoms with E-state index in [1.165, 1.54) is 12.5 Å². The molecule has 1 aromatic heterocycles. The van der Waals surface area contributed by atoms with Gasteiger partial charge in [0.25, 0.3) is 0 Å². The second kappa shape index (κ2) is 11.2. The first-order valence-corrected chi connectivity index (χ1v) is 9.97. The summed E-state index contributed by atoms with van der Waals surface area (Å²) in [6.45, 7) is 0. The molecule has 1 aromatic rings. The van der Waals surface area contributed by atoms with Crippen molar-refractivity contribution in [3.63, 3.8) is 0 Å². The molecule has 0 radical (unpaired) electrons. The molecule has 0 saturated heterocycles. The number of carboxylic acid groups (broad SMARTS) is 3. The zero-order valence-electron chi connectivity index (χ0n) is 14.4. The van der Waals surface area contributed by atoms with Gasteiger partial charge in [-0.15, -0.1) is 7.92 Å². The molecule has 0 aliphatic rings. The minimum atomic E-state index is -1.50. The van der Waals surface area contributed by atoms with Crippen LogP contribution in [0, 0.1) is 0 Å². The van der Waals surface area contributed by atoms with Crippen LogP contribution in [0.2, 0.25) is 0 Å². The first-order chi connectivity index (χ1) is 12.7. The number of amides is 1. The Morgan fingerprint density at radius 1 is 1.04 bits per heavy atom. The van der Waals surface area contributed by atoms with E-state index in [1.54, 1.807) is 0 Å². The zero-order chi connectivity index (χ0) is 20.4. The van der Waals surface area contributed by atoms with E-state index >= 15 is 0 Å². The van der Waals surface area contributed by atoms with Crippen LogP contribution in [0.3, 0.4) is 0 Å². The SMILES string of the molecule is O=C(O)CCP(CCC(=O)O)CCC(=O)N(O)C(Cc1cnc[nH]1)C(=O)O. The van der Waals surface area contributed by atoms with Gasteiger partial charge in [0.15, 0.2) is 6.04 Å². The van der Waals surface area contributed by atoms with E-state index in [9.17, 15) is 29.5 Å². The minimum Gasteiger partial charge on any atom is -0.481 e. The van der Waals surface area contributed by atoms with Crippen molar-refractivity contribution in [2.45, 2.75) is 31.7 Å². The molecule has 1 amide bonds. The lowest BCUT2D eigenvalue weighted by Crippen LogP contribution is -2.44. The Bertz CT molecular complexity index is 633. The van der Waals surface area contributed by atoms with Crippen LogP contribution in [-0.4, -0.2) is 83.9 Å². The van der Waals surface area contributed by atoms with E-state index < -0.39 is 37.8 Å². The first kappa shape index (κ1) is 22.5. The number of rotatable bonds is 13. The number of hydrogen-bond acceptors (Lipinski definition) is 6. The van der Waals surface area contributed by atoms with Crippen molar-refractivity contribution in [3.8, 4) is 0 Å². The molecule has 1 atom stereocenters. The molecule has 0 aliphatic heterocycles. The van der Waals surface area contributed by atoms with Gasteiger partial charge in [0.2, 0.25) is 5.91 Å². The Labute approximate surface area is 155 Å². The maximum absolute atomic E-state index is 12.2. The van der Waals surface area contributed by atoms with Crippen molar-refractivity contribution in [2.24, 2.45) is 0 Å². The molecule has 0 fully saturated rings. The van der Waals surface area contributed by atoms with Crippen LogP contribution in [0.1, 0.15) is 25.0 Å². The highest BCUT2D eigenvalue weighted by molar-refractivity contribution is 7.57. The van der Waals surface area contributed by atoms with Gasteiger partial charge in [-0.3, -0.25) is 19.6 Å². The molecule has 11 nitrogen and oxygen atoms in total. The topological polar surface area (TPSA) is 181 Å². The molecular weight excluding hydrogens is 381 g/mol. The molecule has 0 spiro atoms. The molecule has 0 aromatic carbocycles. The molecule has 27 heavy (non-hydrogen) atoms. The van der Waals surface area contributed by atoms with E-state index in [-0.39, 0.29) is 49.2 Å². The maximum Gasteiger partial charge on any atom is 0.329 e. The van der Waals surface area contributed by atoms with Gasteiger partial charge in [-0.1, -0.05) is 0 Å². The number of nitrogens with one attached hydrogen (secondary N) is 1. The number of hydrogen-bond donors (Lipinski definition) is 5. The Hall–Kier alpha value is -2.52. The van der Waals surface area contributed by atoms with Crippen LogP contribution in [-0.2, 0) is 25.6 Å². The zero-order valence-corrected chi connectivity index (χ0v) is 15.3. The van der Waals surface area contributed by atoms with Crippen LogP contribution >= 0.6 is 7.92 Å². The van der Waals surface area contributed by atoms with E-state index in [2.05, 4.69) is 9.97 Å². The lowest BCUT2D eigenvalue weighted by molar-refractivity contribution is -0.185. The van der Waals surface area contributed by atoms with Crippen LogP contribution in [0.25, 0.3) is 0 Å². The highest BCUT2D eigenvalue weighted by Crippen LogP contribution is 2.37. The third kappa shape index (κ3) is 8.61. The number of H-pyrrole nitrogens is 1. The number of carboxylic acids is 3. The summed E-state index contributed by atoms with van der Waals surface area (Å²) in [7, 11) is -1.04. The van der Waals surface area contributed by atoms with Crippen LogP contribution in [0.4, 0.5) is 0 Å². The number of aromatic nitrogens is 2. The van der Waals surface area contributed by atoms with Gasteiger partial charge in [0.05, 0.1) is 6.33 Å². The van der Waals surface area contributed by atoms with Crippen molar-refractivity contribution < 1.29 is 39.7 Å². The quantitative estimate of drug-likeness (QED) is 0.177. The Kier molecular flexibility index (Phi) is 9.38. The maximum atomic E-state index is 12.2. The van der Waals surface area contributed by atoms with Crippen LogP contribution in [0.15, 0.2) is 12.5 Å². The third-order valence-electron chi connectivity index (χ3n) is 3.73. The van der Waals surface area contributed by atoms with Crippen molar-refractivity contribution >= 4 is 31.7 Å². The van der Waals surface area contributed by atoms with Crippen LogP contribution in [0.5, 0.6) is 0 Å². The minimum absolute atomic E-state index is 0.139. The predicted molar refractivity (Wildman–Crippen MR) is 93.0 cm³/mol. The fraction of sp³-hybridized carbons (Fsp3) is 0.533. The van der Waals surface area contributed by atoms with Crippen LogP contribution < -0.4 is 0 Å². The molecule has 5 N–H and O–H groups in total. The van der Waals surface area contributed by atoms with Gasteiger partial charge in [0, 0.05) is 37.6 Å². The average molecular weight is 403 g/mol. The second-order valence-electron chi connectivity index (χ2n) is 5.75. The normalized spacial score (nSPS) is 11.9. The Balaban J connectivity index is 2.63. The van der Waals surface area contributed by atoms with Crippen molar-refractivity contribution in [2.75, 3.05) is 18.5 Å². The molecule has 12 heteroatoms. The molecule has 1 rings (SSSR count). The lowest BCUT2D eigenvalue weighted by atomic mass is 10.1. The molecule has 1 heterocycles. The van der Waals surface area contributed by atoms with E-state index in [0.717, 1.165) is 0 Å². The molecular formula is C15H22N3O8P. The second-order valence-corrected chi connectivity index (χ2v) is 8.44. The average Bonchev–Trinajstić information content (AvgIpc) is 3.10. The van der Waals surface area contributed by atoms with Gasteiger partial charge in [0.1, 0.15) is 0 Å². The smallest absolute Gasteiger partial charge is 0.329 e. The predicted octanol–water partition coefficient (Wildman–Crippen LogP) is 0.445. The highest BCUT2D eigenvalue weighted by atomic mass is 31.1. The van der Waals surface area contributed by atoms with Crippen molar-refractivity contribution in [1.82, 2.24) is 15.0 Å². The summed E-state index contributed by atoms with van der Waals surface area (Å²) in [6, 6.07) is -1.50. The number of hydroxylamine groups is 2. The van der Waals surface area contributed by atoms with Crippen molar-refractivity contribution in [1.29, 1.82) is 0 Å². The van der Waals surface area contributed by atoms with Gasteiger partial charge in [-0.2, -0.15) is 0 Å². The Morgan fingerprint density at radius 2 is 1.59 bits per heavy atom. The summed E-state index contributed by atoms with van der Waals surface area (Å²) in [6.07, 6.45) is 2.81. The fourth-order valence-corrected chi connectivity index (χ4v) is 4.46. The summed E-state index contributed by atoms with van der Waals surface area (Å²) < 4.78 is 0. The summed E-state index contributed by atoms with van der Waals surface area (Å²) in [5.41, 5.74) is 0.430. The summed E-state index contributed by atoms with van der Waals surface area (Å²) in [4.78, 5) is 51.4. The number of carbonyl (C=O) groups is 4. The van der Waals surface area contributed by atoms with Gasteiger partial charge >= 0.3 is 17.9 Å². The van der Waals surface area contributed by atoms with Gasteiger partial charge in [-0.05, 0) is 18.5 Å². The summed E-state index contributed by atoms with van der Waals surface area (Å²) in [5, 5.41) is 36.9. The number of nitrogens with zero attached hydrogens (tertiary/aromatic N) is 2. The number of carbonyl (C=O) groups excluding carboxylic acids is 1. The van der Waals surface area contributed by atoms with Gasteiger partial charge in [-0.25, -0.2) is 14.8 Å². The van der Waals surface area contributed by atoms with E-state index in [4.69, 9.17) is 10.2 Å². The standard InChI is InChI=1S/C15H22N3O8P/c19-12(1-4-27(5-2-13(20)21)6-3-14(22)23)18(26)11(15(24)25)7-10-8-16-9-17-10/h8-9,11,26H,1-7H2,(H,16,17)(H,20,21)(H,22,23)(H,24,25). The number of aliphatic carboxylic acids is 3. The molecule has 0 saturated carbocycles. The molecule has 0 aliphatic carbocycles. The number of aromatic amines is 1. The molecule has 0 bridgehead atoms. The Morgan fingerprint density at radius 3 is 2.04 bits per heavy atom. The summed E-state index contributed by atoms with van der Waals surface area (Å²) >= 11 is 0. The highest BCUT2D eigenvalue weighted by Gasteiger charge is 2.29.